The molecular weight excluding hydrogens is 424 g/mol. The zero-order valence-electron chi connectivity index (χ0n) is 16.4. The number of anilines is 1. The van der Waals surface area contributed by atoms with Gasteiger partial charge in [-0.3, -0.25) is 19.7 Å². The third-order valence-corrected chi connectivity index (χ3v) is 7.09. The highest BCUT2D eigenvalue weighted by Gasteiger charge is 2.35. The molecule has 9 heteroatoms. The number of hydrogen-bond donors (Lipinski definition) is 2. The van der Waals surface area contributed by atoms with Gasteiger partial charge >= 0.3 is 0 Å². The number of rotatable bonds is 4. The van der Waals surface area contributed by atoms with Gasteiger partial charge < -0.3 is 10.6 Å². The average molecular weight is 447 g/mol. The molecule has 1 fully saturated rings. The Kier molecular flexibility index (Phi) is 6.06. The summed E-state index contributed by atoms with van der Waals surface area (Å²) in [6.07, 6.45) is 3.74. The Morgan fingerprint density at radius 3 is 2.50 bits per heavy atom. The molecule has 1 aliphatic carbocycles. The highest BCUT2D eigenvalue weighted by Crippen LogP contribution is 2.38. The van der Waals surface area contributed by atoms with Crippen molar-refractivity contribution in [2.75, 3.05) is 18.4 Å². The summed E-state index contributed by atoms with van der Waals surface area (Å²) in [4.78, 5) is 44.5. The van der Waals surface area contributed by atoms with Crippen LogP contribution in [0.3, 0.4) is 0 Å². The maximum absolute atomic E-state index is 13.2. The van der Waals surface area contributed by atoms with E-state index in [1.807, 2.05) is 4.90 Å². The molecule has 1 atom stereocenters. The molecule has 4 rings (SSSR count). The number of nitrogens with two attached hydrogens (primary N) is 1. The van der Waals surface area contributed by atoms with Crippen molar-refractivity contribution in [2.24, 2.45) is 11.7 Å². The van der Waals surface area contributed by atoms with E-state index in [1.54, 1.807) is 24.3 Å². The second kappa shape index (κ2) is 8.73. The molecule has 0 unspecified atom stereocenters. The molecule has 1 saturated heterocycles. The molecular formula is C21H23ClN4O3S. The predicted octanol–water partition coefficient (Wildman–Crippen LogP) is 3.19. The molecule has 3 N–H and O–H groups in total. The number of aryl methyl sites for hydroxylation is 1. The second-order valence-corrected chi connectivity index (χ2v) is 9.26. The molecule has 2 aromatic rings. The van der Waals surface area contributed by atoms with Gasteiger partial charge in [0, 0.05) is 34.5 Å². The van der Waals surface area contributed by atoms with Gasteiger partial charge in [0.1, 0.15) is 0 Å². The van der Waals surface area contributed by atoms with E-state index in [0.717, 1.165) is 29.8 Å². The summed E-state index contributed by atoms with van der Waals surface area (Å²) in [6.45, 7) is 1.09. The lowest BCUT2D eigenvalue weighted by Gasteiger charge is -2.34. The minimum absolute atomic E-state index is 0.0553. The van der Waals surface area contributed by atoms with Crippen molar-refractivity contribution in [1.29, 1.82) is 0 Å². The summed E-state index contributed by atoms with van der Waals surface area (Å²) in [5, 5.41) is 3.91. The Labute approximate surface area is 183 Å². The summed E-state index contributed by atoms with van der Waals surface area (Å²) < 4.78 is 0. The number of carbonyl (C=O) groups is 3. The van der Waals surface area contributed by atoms with Gasteiger partial charge in [0.2, 0.25) is 11.8 Å². The average Bonchev–Trinajstić information content (AvgIpc) is 3.16. The molecule has 1 aromatic heterocycles. The number of thiazole rings is 1. The van der Waals surface area contributed by atoms with Crippen molar-refractivity contribution in [2.45, 2.75) is 38.0 Å². The van der Waals surface area contributed by atoms with Crippen LogP contribution in [0, 0.1) is 5.92 Å². The van der Waals surface area contributed by atoms with Crippen LogP contribution in [0.1, 0.15) is 52.5 Å². The quantitative estimate of drug-likeness (QED) is 0.752. The van der Waals surface area contributed by atoms with Gasteiger partial charge in [-0.1, -0.05) is 11.6 Å². The third-order valence-electron chi connectivity index (χ3n) is 5.79. The largest absolute Gasteiger partial charge is 0.369 e. The van der Waals surface area contributed by atoms with Crippen LogP contribution in [0.5, 0.6) is 0 Å². The Morgan fingerprint density at radius 2 is 1.83 bits per heavy atom. The number of benzene rings is 1. The van der Waals surface area contributed by atoms with Gasteiger partial charge in [-0.25, -0.2) is 4.98 Å². The number of halogens is 1. The molecule has 0 spiro atoms. The molecule has 0 bridgehead atoms. The maximum Gasteiger partial charge on any atom is 0.257 e. The van der Waals surface area contributed by atoms with Gasteiger partial charge in [-0.2, -0.15) is 0 Å². The number of nitrogens with one attached hydrogen (secondary N) is 1. The lowest BCUT2D eigenvalue weighted by atomic mass is 9.88. The number of hydrogen-bond acceptors (Lipinski definition) is 5. The van der Waals surface area contributed by atoms with Crippen LogP contribution >= 0.6 is 22.9 Å². The van der Waals surface area contributed by atoms with Crippen LogP contribution in [0.4, 0.5) is 5.13 Å². The Morgan fingerprint density at radius 1 is 1.13 bits per heavy atom. The predicted molar refractivity (Wildman–Crippen MR) is 116 cm³/mol. The third kappa shape index (κ3) is 4.34. The number of likely N-dealkylation sites (tertiary alicyclic amines) is 1. The van der Waals surface area contributed by atoms with E-state index in [-0.39, 0.29) is 29.6 Å². The van der Waals surface area contributed by atoms with E-state index in [2.05, 4.69) is 10.3 Å². The lowest BCUT2D eigenvalue weighted by Crippen LogP contribution is -2.44. The molecule has 0 saturated carbocycles. The number of piperidine rings is 1. The number of aromatic nitrogens is 1. The summed E-state index contributed by atoms with van der Waals surface area (Å²) in [5.74, 6) is -0.933. The Balaban J connectivity index is 1.46. The van der Waals surface area contributed by atoms with Crippen LogP contribution in [0.2, 0.25) is 5.02 Å². The first-order chi connectivity index (χ1) is 14.4. The van der Waals surface area contributed by atoms with Crippen molar-refractivity contribution >= 4 is 45.8 Å². The van der Waals surface area contributed by atoms with Gasteiger partial charge in [-0.15, -0.1) is 11.3 Å². The van der Waals surface area contributed by atoms with Crippen molar-refractivity contribution in [3.05, 3.63) is 45.4 Å². The first kappa shape index (κ1) is 20.8. The monoisotopic (exact) mass is 446 g/mol. The minimum atomic E-state index is -0.295. The molecule has 1 aliphatic heterocycles. The molecule has 1 aromatic carbocycles. The van der Waals surface area contributed by atoms with Crippen molar-refractivity contribution in [3.8, 4) is 0 Å². The first-order valence-corrected chi connectivity index (χ1v) is 11.3. The normalized spacial score (nSPS) is 19.2. The van der Waals surface area contributed by atoms with E-state index in [1.165, 1.54) is 11.3 Å². The topological polar surface area (TPSA) is 105 Å². The van der Waals surface area contributed by atoms with Crippen LogP contribution < -0.4 is 11.1 Å². The van der Waals surface area contributed by atoms with E-state index >= 15 is 0 Å². The van der Waals surface area contributed by atoms with Crippen molar-refractivity contribution < 1.29 is 14.4 Å². The number of fused-ring (bicyclic) bond motifs is 1. The Hall–Kier alpha value is -2.45. The van der Waals surface area contributed by atoms with E-state index in [0.29, 0.717) is 41.6 Å². The van der Waals surface area contributed by atoms with Crippen LogP contribution in [0.25, 0.3) is 0 Å². The summed E-state index contributed by atoms with van der Waals surface area (Å²) in [5.41, 5.74) is 6.67. The summed E-state index contributed by atoms with van der Waals surface area (Å²) in [7, 11) is 0. The van der Waals surface area contributed by atoms with E-state index in [9.17, 15) is 14.4 Å². The van der Waals surface area contributed by atoms with Crippen molar-refractivity contribution in [3.63, 3.8) is 0 Å². The summed E-state index contributed by atoms with van der Waals surface area (Å²) in [6, 6.07) is 6.65. The van der Waals surface area contributed by atoms with Crippen LogP contribution in [-0.4, -0.2) is 40.7 Å². The van der Waals surface area contributed by atoms with E-state index in [4.69, 9.17) is 17.3 Å². The smallest absolute Gasteiger partial charge is 0.257 e. The fourth-order valence-corrected chi connectivity index (χ4v) is 5.27. The molecule has 0 radical (unpaired) electrons. The van der Waals surface area contributed by atoms with E-state index < -0.39 is 0 Å². The number of nitrogens with zero attached hydrogens (tertiary/aromatic N) is 2. The number of amides is 3. The molecule has 7 nitrogen and oxygen atoms in total. The summed E-state index contributed by atoms with van der Waals surface area (Å²) >= 11 is 7.31. The molecule has 30 heavy (non-hydrogen) atoms. The second-order valence-electron chi connectivity index (χ2n) is 7.74. The zero-order valence-corrected chi connectivity index (χ0v) is 18.0. The number of carbonyl (C=O) groups excluding carboxylic acids is 3. The highest BCUT2D eigenvalue weighted by atomic mass is 35.5. The first-order valence-electron chi connectivity index (χ1n) is 10.1. The van der Waals surface area contributed by atoms with Gasteiger partial charge in [0.15, 0.2) is 5.13 Å². The molecule has 2 heterocycles. The van der Waals surface area contributed by atoms with Crippen molar-refractivity contribution in [1.82, 2.24) is 9.88 Å². The minimum Gasteiger partial charge on any atom is -0.369 e. The number of primary amides is 1. The SMILES string of the molecule is NC(=O)C1CCN(C(=O)[C@@H]2CCCc3sc(NC(=O)c4ccc(Cl)cc4)nc32)CC1. The standard InChI is InChI=1S/C21H23ClN4O3S/c22-14-6-4-13(5-7-14)19(28)25-21-24-17-15(2-1-3-16(17)30-21)20(29)26-10-8-12(9-11-26)18(23)27/h4-7,12,15H,1-3,8-11H2,(H2,23,27)(H,24,25,28)/t15-/m1/s1. The molecule has 3 amide bonds. The Bertz CT molecular complexity index is 967. The fourth-order valence-electron chi connectivity index (χ4n) is 4.09. The molecule has 2 aliphatic rings. The molecule has 158 valence electrons. The zero-order chi connectivity index (χ0) is 21.3. The fraction of sp³-hybridized carbons (Fsp3) is 0.429. The van der Waals surface area contributed by atoms with Gasteiger partial charge in [0.05, 0.1) is 11.6 Å². The van der Waals surface area contributed by atoms with Crippen LogP contribution in [-0.2, 0) is 16.0 Å². The maximum atomic E-state index is 13.2. The lowest BCUT2D eigenvalue weighted by molar-refractivity contribution is -0.136. The highest BCUT2D eigenvalue weighted by molar-refractivity contribution is 7.16. The van der Waals surface area contributed by atoms with Gasteiger partial charge in [-0.05, 0) is 56.4 Å². The van der Waals surface area contributed by atoms with Crippen LogP contribution in [0.15, 0.2) is 24.3 Å². The van der Waals surface area contributed by atoms with Gasteiger partial charge in [0.25, 0.3) is 5.91 Å².